The highest BCUT2D eigenvalue weighted by molar-refractivity contribution is 6.08. The fourth-order valence-electron chi connectivity index (χ4n) is 3.31. The Bertz CT molecular complexity index is 845. The Balaban J connectivity index is 0.00000300. The highest BCUT2D eigenvalue weighted by Crippen LogP contribution is 2.21. The Morgan fingerprint density at radius 1 is 1.21 bits per heavy atom. The van der Waals surface area contributed by atoms with Crippen LogP contribution in [-0.4, -0.2) is 46.4 Å². The lowest BCUT2D eigenvalue weighted by atomic mass is 10.1. The number of nitrogens with one attached hydrogen (secondary N) is 3. The van der Waals surface area contributed by atoms with E-state index in [0.717, 1.165) is 31.6 Å². The van der Waals surface area contributed by atoms with E-state index in [1.165, 1.54) is 0 Å². The summed E-state index contributed by atoms with van der Waals surface area (Å²) in [5, 5.41) is 17.3. The maximum absolute atomic E-state index is 12.8. The van der Waals surface area contributed by atoms with Gasteiger partial charge in [-0.3, -0.25) is 9.59 Å². The zero-order valence-electron chi connectivity index (χ0n) is 17.1. The first kappa shape index (κ1) is 22.8. The lowest BCUT2D eigenvalue weighted by Crippen LogP contribution is -2.30. The van der Waals surface area contributed by atoms with Gasteiger partial charge >= 0.3 is 0 Å². The maximum Gasteiger partial charge on any atom is 0.278 e. The highest BCUT2D eigenvalue weighted by Gasteiger charge is 2.23. The summed E-state index contributed by atoms with van der Waals surface area (Å²) >= 11 is 0. The molecule has 0 spiro atoms. The zero-order valence-corrected chi connectivity index (χ0v) is 17.9. The van der Waals surface area contributed by atoms with Crippen molar-refractivity contribution in [1.82, 2.24) is 25.6 Å². The summed E-state index contributed by atoms with van der Waals surface area (Å²) in [6.07, 6.45) is 1.92. The number of halogens is 1. The second kappa shape index (κ2) is 10.4. The van der Waals surface area contributed by atoms with Crippen LogP contribution >= 0.6 is 12.4 Å². The van der Waals surface area contributed by atoms with Gasteiger partial charge < -0.3 is 16.0 Å². The van der Waals surface area contributed by atoms with E-state index in [1.807, 2.05) is 25.5 Å². The zero-order chi connectivity index (χ0) is 20.1. The molecule has 8 nitrogen and oxygen atoms in total. The van der Waals surface area contributed by atoms with E-state index in [0.29, 0.717) is 23.7 Å². The average molecular weight is 421 g/mol. The molecule has 29 heavy (non-hydrogen) atoms. The molecule has 0 aliphatic carbocycles. The summed E-state index contributed by atoms with van der Waals surface area (Å²) in [5.74, 6) is -0.222. The van der Waals surface area contributed by atoms with Gasteiger partial charge in [0.1, 0.15) is 0 Å². The van der Waals surface area contributed by atoms with E-state index in [2.05, 4.69) is 26.3 Å². The van der Waals surface area contributed by atoms with Crippen molar-refractivity contribution < 1.29 is 9.59 Å². The molecule has 2 amide bonds. The van der Waals surface area contributed by atoms with Crippen molar-refractivity contribution in [3.63, 3.8) is 0 Å². The van der Waals surface area contributed by atoms with Crippen molar-refractivity contribution >= 4 is 29.9 Å². The van der Waals surface area contributed by atoms with Gasteiger partial charge in [-0.25, -0.2) is 4.68 Å². The van der Waals surface area contributed by atoms with Crippen LogP contribution in [0.4, 0.5) is 5.69 Å². The molecule has 1 saturated heterocycles. The molecule has 3 N–H and O–H groups in total. The number of benzene rings is 1. The van der Waals surface area contributed by atoms with Gasteiger partial charge in [-0.15, -0.1) is 17.5 Å². The number of aromatic nitrogens is 3. The van der Waals surface area contributed by atoms with Gasteiger partial charge in [-0.05, 0) is 50.9 Å². The van der Waals surface area contributed by atoms with Crippen molar-refractivity contribution in [1.29, 1.82) is 0 Å². The number of hydrogen-bond donors (Lipinski definition) is 3. The van der Waals surface area contributed by atoms with Crippen LogP contribution in [0.15, 0.2) is 24.3 Å². The Morgan fingerprint density at radius 2 is 1.90 bits per heavy atom. The lowest BCUT2D eigenvalue weighted by molar-refractivity contribution is 0.0950. The molecule has 0 bridgehead atoms. The summed E-state index contributed by atoms with van der Waals surface area (Å²) < 4.78 is 1.84. The second-order valence-corrected chi connectivity index (χ2v) is 7.55. The Labute approximate surface area is 177 Å². The second-order valence-electron chi connectivity index (χ2n) is 7.55. The quantitative estimate of drug-likeness (QED) is 0.666. The van der Waals surface area contributed by atoms with E-state index in [1.54, 1.807) is 24.3 Å². The summed E-state index contributed by atoms with van der Waals surface area (Å²) in [7, 11) is 0. The van der Waals surface area contributed by atoms with Gasteiger partial charge in [0, 0.05) is 6.54 Å². The molecule has 158 valence electrons. The van der Waals surface area contributed by atoms with Gasteiger partial charge in [-0.2, -0.15) is 0 Å². The SMILES string of the molecule is Cc1c(C(=O)Nc2ccccc2C(=O)NCC(C)C)nnn1C1CCNCC1.Cl. The third kappa shape index (κ3) is 5.55. The number of para-hydroxylation sites is 1. The summed E-state index contributed by atoms with van der Waals surface area (Å²) in [4.78, 5) is 25.3. The fraction of sp³-hybridized carbons (Fsp3) is 0.500. The Hall–Kier alpha value is -2.45. The predicted molar refractivity (Wildman–Crippen MR) is 115 cm³/mol. The number of piperidine rings is 1. The van der Waals surface area contributed by atoms with E-state index < -0.39 is 0 Å². The molecule has 1 fully saturated rings. The van der Waals surface area contributed by atoms with Crippen LogP contribution in [0.3, 0.4) is 0 Å². The number of anilines is 1. The number of carbonyl (C=O) groups is 2. The highest BCUT2D eigenvalue weighted by atomic mass is 35.5. The van der Waals surface area contributed by atoms with Crippen LogP contribution in [0.2, 0.25) is 0 Å². The third-order valence-electron chi connectivity index (χ3n) is 4.89. The summed E-state index contributed by atoms with van der Waals surface area (Å²) in [6.45, 7) is 8.36. The molecule has 0 saturated carbocycles. The average Bonchev–Trinajstić information content (AvgIpc) is 3.08. The number of hydrogen-bond acceptors (Lipinski definition) is 5. The number of nitrogens with zero attached hydrogens (tertiary/aromatic N) is 3. The third-order valence-corrected chi connectivity index (χ3v) is 4.89. The van der Waals surface area contributed by atoms with Crippen molar-refractivity contribution in [2.24, 2.45) is 5.92 Å². The Kier molecular flexibility index (Phi) is 8.16. The summed E-state index contributed by atoms with van der Waals surface area (Å²) in [5.41, 5.74) is 1.92. The minimum atomic E-state index is -0.359. The molecular formula is C20H29ClN6O2. The minimum absolute atomic E-state index is 0. The number of rotatable bonds is 6. The molecule has 3 rings (SSSR count). The molecule has 0 unspecified atom stereocenters. The molecule has 0 atom stereocenters. The van der Waals surface area contributed by atoms with Gasteiger partial charge in [0.15, 0.2) is 5.69 Å². The van der Waals surface area contributed by atoms with Crippen molar-refractivity contribution in [2.45, 2.75) is 39.7 Å². The van der Waals surface area contributed by atoms with E-state index >= 15 is 0 Å². The predicted octanol–water partition coefficient (Wildman–Crippen LogP) is 2.57. The minimum Gasteiger partial charge on any atom is -0.352 e. The molecule has 1 aromatic heterocycles. The van der Waals surface area contributed by atoms with Crippen LogP contribution < -0.4 is 16.0 Å². The van der Waals surface area contributed by atoms with Crippen molar-refractivity contribution in [3.05, 3.63) is 41.2 Å². The van der Waals surface area contributed by atoms with Crippen LogP contribution in [0.25, 0.3) is 0 Å². The smallest absolute Gasteiger partial charge is 0.278 e. The van der Waals surface area contributed by atoms with E-state index in [-0.39, 0.29) is 36.0 Å². The van der Waals surface area contributed by atoms with Gasteiger partial charge in [0.05, 0.1) is 23.0 Å². The van der Waals surface area contributed by atoms with E-state index in [4.69, 9.17) is 0 Å². The molecule has 1 aliphatic rings. The number of amides is 2. The molecule has 1 aliphatic heterocycles. The molecule has 9 heteroatoms. The topological polar surface area (TPSA) is 101 Å². The van der Waals surface area contributed by atoms with Crippen LogP contribution in [0.1, 0.15) is 59.3 Å². The number of carbonyl (C=O) groups excluding carboxylic acids is 2. The van der Waals surface area contributed by atoms with Crippen LogP contribution in [0, 0.1) is 12.8 Å². The molecule has 2 aromatic rings. The molecule has 2 heterocycles. The first-order valence-electron chi connectivity index (χ1n) is 9.78. The summed E-state index contributed by atoms with van der Waals surface area (Å²) in [6, 6.07) is 7.23. The van der Waals surface area contributed by atoms with Crippen LogP contribution in [0.5, 0.6) is 0 Å². The first-order chi connectivity index (χ1) is 13.5. The fourth-order valence-corrected chi connectivity index (χ4v) is 3.31. The Morgan fingerprint density at radius 3 is 2.59 bits per heavy atom. The van der Waals surface area contributed by atoms with Gasteiger partial charge in [-0.1, -0.05) is 31.2 Å². The molecule has 0 radical (unpaired) electrons. The van der Waals surface area contributed by atoms with Gasteiger partial charge in [0.25, 0.3) is 11.8 Å². The first-order valence-corrected chi connectivity index (χ1v) is 9.78. The molecule has 1 aromatic carbocycles. The van der Waals surface area contributed by atoms with Crippen molar-refractivity contribution in [3.8, 4) is 0 Å². The lowest BCUT2D eigenvalue weighted by Gasteiger charge is -2.23. The standard InChI is InChI=1S/C20H28N6O2.ClH/c1-13(2)12-22-19(27)16-6-4-5-7-17(16)23-20(28)18-14(3)26(25-24-18)15-8-10-21-11-9-15;/h4-7,13,15,21H,8-12H2,1-3H3,(H,22,27)(H,23,28);1H. The van der Waals surface area contributed by atoms with Crippen molar-refractivity contribution in [2.75, 3.05) is 25.0 Å². The maximum atomic E-state index is 12.8. The van der Waals surface area contributed by atoms with Crippen LogP contribution in [-0.2, 0) is 0 Å². The van der Waals surface area contributed by atoms with E-state index in [9.17, 15) is 9.59 Å². The normalized spacial score (nSPS) is 14.3. The molecular weight excluding hydrogens is 392 g/mol. The largest absolute Gasteiger partial charge is 0.352 e. The monoisotopic (exact) mass is 420 g/mol. The van der Waals surface area contributed by atoms with Gasteiger partial charge in [0.2, 0.25) is 0 Å².